The maximum absolute atomic E-state index is 5.57. The smallest absolute Gasteiger partial charge is 0.158 e. The van der Waals surface area contributed by atoms with E-state index in [1.54, 1.807) is 0 Å². The standard InChI is InChI=1S/C9H18O2/c1-4-10-9-6-7(2)5-8(3)11-9/h7-9H,4-6H2,1-3H3/t7-,8+,9-/m1/s1. The molecule has 0 radical (unpaired) electrons. The average molecular weight is 158 g/mol. The summed E-state index contributed by atoms with van der Waals surface area (Å²) in [5.41, 5.74) is 0. The lowest BCUT2D eigenvalue weighted by molar-refractivity contribution is -0.197. The normalized spacial score (nSPS) is 39.0. The van der Waals surface area contributed by atoms with Crippen LogP contribution in [0.1, 0.15) is 33.6 Å². The summed E-state index contributed by atoms with van der Waals surface area (Å²) in [5.74, 6) is 0.746. The molecule has 1 aliphatic rings. The molecule has 11 heavy (non-hydrogen) atoms. The average Bonchev–Trinajstić information content (AvgIpc) is 1.85. The zero-order chi connectivity index (χ0) is 8.27. The lowest BCUT2D eigenvalue weighted by Crippen LogP contribution is -2.31. The van der Waals surface area contributed by atoms with Gasteiger partial charge in [-0.25, -0.2) is 0 Å². The molecular weight excluding hydrogens is 140 g/mol. The molecule has 1 rings (SSSR count). The third-order valence-corrected chi connectivity index (χ3v) is 2.07. The molecule has 0 aromatic carbocycles. The molecule has 0 saturated carbocycles. The Kier molecular flexibility index (Phi) is 3.34. The van der Waals surface area contributed by atoms with Gasteiger partial charge in [-0.2, -0.15) is 0 Å². The molecular formula is C9H18O2. The number of hydrogen-bond acceptors (Lipinski definition) is 2. The van der Waals surface area contributed by atoms with Crippen LogP contribution in [0, 0.1) is 5.92 Å². The highest BCUT2D eigenvalue weighted by molar-refractivity contribution is 4.67. The fraction of sp³-hybridized carbons (Fsp3) is 1.00. The molecule has 1 heterocycles. The second-order valence-corrected chi connectivity index (χ2v) is 3.41. The van der Waals surface area contributed by atoms with Crippen LogP contribution in [0.4, 0.5) is 0 Å². The Morgan fingerprint density at radius 1 is 1.36 bits per heavy atom. The third-order valence-electron chi connectivity index (χ3n) is 2.07. The molecule has 1 fully saturated rings. The van der Waals surface area contributed by atoms with Crippen molar-refractivity contribution < 1.29 is 9.47 Å². The van der Waals surface area contributed by atoms with Crippen molar-refractivity contribution in [3.8, 4) is 0 Å². The van der Waals surface area contributed by atoms with E-state index in [-0.39, 0.29) is 6.29 Å². The Hall–Kier alpha value is -0.0800. The van der Waals surface area contributed by atoms with E-state index in [2.05, 4.69) is 13.8 Å². The predicted octanol–water partition coefficient (Wildman–Crippen LogP) is 2.18. The van der Waals surface area contributed by atoms with Crippen molar-refractivity contribution in [3.63, 3.8) is 0 Å². The molecule has 0 amide bonds. The molecule has 0 unspecified atom stereocenters. The quantitative estimate of drug-likeness (QED) is 0.613. The summed E-state index contributed by atoms with van der Waals surface area (Å²) in [6.45, 7) is 7.13. The zero-order valence-electron chi connectivity index (χ0n) is 7.67. The minimum atomic E-state index is 0.0544. The predicted molar refractivity (Wildman–Crippen MR) is 44.4 cm³/mol. The van der Waals surface area contributed by atoms with Gasteiger partial charge >= 0.3 is 0 Å². The highest BCUT2D eigenvalue weighted by atomic mass is 16.7. The van der Waals surface area contributed by atoms with E-state index in [4.69, 9.17) is 9.47 Å². The first-order valence-corrected chi connectivity index (χ1v) is 4.49. The van der Waals surface area contributed by atoms with Gasteiger partial charge < -0.3 is 9.47 Å². The molecule has 66 valence electrons. The summed E-state index contributed by atoms with van der Waals surface area (Å²) in [4.78, 5) is 0. The van der Waals surface area contributed by atoms with Crippen LogP contribution >= 0.6 is 0 Å². The summed E-state index contributed by atoms with van der Waals surface area (Å²) >= 11 is 0. The topological polar surface area (TPSA) is 18.5 Å². The van der Waals surface area contributed by atoms with Gasteiger partial charge in [0.25, 0.3) is 0 Å². The van der Waals surface area contributed by atoms with E-state index >= 15 is 0 Å². The van der Waals surface area contributed by atoms with Crippen molar-refractivity contribution in [1.82, 2.24) is 0 Å². The molecule has 2 nitrogen and oxygen atoms in total. The van der Waals surface area contributed by atoms with Crippen LogP contribution in [0.2, 0.25) is 0 Å². The van der Waals surface area contributed by atoms with Gasteiger partial charge in [0.1, 0.15) is 0 Å². The third kappa shape index (κ3) is 2.80. The Labute approximate surface area is 68.9 Å². The van der Waals surface area contributed by atoms with Crippen LogP contribution in [0.15, 0.2) is 0 Å². The second-order valence-electron chi connectivity index (χ2n) is 3.41. The summed E-state index contributed by atoms with van der Waals surface area (Å²) in [6.07, 6.45) is 2.65. The monoisotopic (exact) mass is 158 g/mol. The van der Waals surface area contributed by atoms with E-state index in [1.165, 1.54) is 6.42 Å². The van der Waals surface area contributed by atoms with Crippen molar-refractivity contribution in [3.05, 3.63) is 0 Å². The Morgan fingerprint density at radius 2 is 2.09 bits per heavy atom. The van der Waals surface area contributed by atoms with E-state index in [0.29, 0.717) is 6.10 Å². The van der Waals surface area contributed by atoms with Gasteiger partial charge in [-0.1, -0.05) is 6.92 Å². The van der Waals surface area contributed by atoms with Crippen LogP contribution in [-0.2, 0) is 9.47 Å². The SMILES string of the molecule is CCO[C@H]1C[C@H](C)C[C@H](C)O1. The van der Waals surface area contributed by atoms with Gasteiger partial charge in [0.05, 0.1) is 6.10 Å². The molecule has 0 aliphatic carbocycles. The van der Waals surface area contributed by atoms with Crippen LogP contribution in [0.5, 0.6) is 0 Å². The van der Waals surface area contributed by atoms with Gasteiger partial charge in [0, 0.05) is 13.0 Å². The second kappa shape index (κ2) is 4.07. The van der Waals surface area contributed by atoms with Crippen molar-refractivity contribution in [2.45, 2.75) is 46.0 Å². The molecule has 0 spiro atoms. The van der Waals surface area contributed by atoms with Gasteiger partial charge in [-0.05, 0) is 26.2 Å². The van der Waals surface area contributed by atoms with Crippen LogP contribution < -0.4 is 0 Å². The summed E-state index contributed by atoms with van der Waals surface area (Å²) < 4.78 is 11.0. The first kappa shape index (κ1) is 9.01. The molecule has 1 saturated heterocycles. The maximum atomic E-state index is 5.57. The van der Waals surface area contributed by atoms with Crippen molar-refractivity contribution in [2.24, 2.45) is 5.92 Å². The van der Waals surface area contributed by atoms with E-state index < -0.39 is 0 Å². The first-order chi connectivity index (χ1) is 5.22. The van der Waals surface area contributed by atoms with Crippen molar-refractivity contribution in [1.29, 1.82) is 0 Å². The van der Waals surface area contributed by atoms with E-state index in [1.807, 2.05) is 6.92 Å². The van der Waals surface area contributed by atoms with Crippen molar-refractivity contribution >= 4 is 0 Å². The lowest BCUT2D eigenvalue weighted by Gasteiger charge is -2.31. The van der Waals surface area contributed by atoms with Crippen LogP contribution in [-0.4, -0.2) is 19.0 Å². The minimum absolute atomic E-state index is 0.0544. The van der Waals surface area contributed by atoms with E-state index in [9.17, 15) is 0 Å². The molecule has 0 aromatic rings. The zero-order valence-corrected chi connectivity index (χ0v) is 7.67. The number of rotatable bonds is 2. The number of ether oxygens (including phenoxy) is 2. The van der Waals surface area contributed by atoms with E-state index in [0.717, 1.165) is 18.9 Å². The van der Waals surface area contributed by atoms with Gasteiger partial charge in [-0.15, -0.1) is 0 Å². The molecule has 0 bridgehead atoms. The highest BCUT2D eigenvalue weighted by Gasteiger charge is 2.24. The number of hydrogen-bond donors (Lipinski definition) is 0. The lowest BCUT2D eigenvalue weighted by atomic mass is 9.98. The van der Waals surface area contributed by atoms with Crippen molar-refractivity contribution in [2.75, 3.05) is 6.61 Å². The maximum Gasteiger partial charge on any atom is 0.158 e. The fourth-order valence-electron chi connectivity index (χ4n) is 1.65. The Bertz CT molecular complexity index is 104. The van der Waals surface area contributed by atoms with Crippen LogP contribution in [0.3, 0.4) is 0 Å². The van der Waals surface area contributed by atoms with Crippen LogP contribution in [0.25, 0.3) is 0 Å². The van der Waals surface area contributed by atoms with Gasteiger partial charge in [0.15, 0.2) is 6.29 Å². The summed E-state index contributed by atoms with van der Waals surface area (Å²) in [6, 6.07) is 0. The fourth-order valence-corrected chi connectivity index (χ4v) is 1.65. The summed E-state index contributed by atoms with van der Waals surface area (Å²) in [5, 5.41) is 0. The van der Waals surface area contributed by atoms with Gasteiger partial charge in [-0.3, -0.25) is 0 Å². The molecule has 0 N–H and O–H groups in total. The van der Waals surface area contributed by atoms with Gasteiger partial charge in [0.2, 0.25) is 0 Å². The largest absolute Gasteiger partial charge is 0.353 e. The molecule has 2 heteroatoms. The highest BCUT2D eigenvalue weighted by Crippen LogP contribution is 2.24. The summed E-state index contributed by atoms with van der Waals surface area (Å²) in [7, 11) is 0. The molecule has 1 aliphatic heterocycles. The first-order valence-electron chi connectivity index (χ1n) is 4.49. The molecule has 3 atom stereocenters. The minimum Gasteiger partial charge on any atom is -0.353 e. The Balaban J connectivity index is 2.30. The Morgan fingerprint density at radius 3 is 2.64 bits per heavy atom. The molecule has 0 aromatic heterocycles.